The Kier molecular flexibility index (Phi) is 7.25. The van der Waals surface area contributed by atoms with Crippen LogP contribution in [0.1, 0.15) is 44.6 Å². The van der Waals surface area contributed by atoms with Crippen molar-refractivity contribution in [2.24, 2.45) is 0 Å². The highest BCUT2D eigenvalue weighted by atomic mass is 16.5. The van der Waals surface area contributed by atoms with E-state index in [9.17, 15) is 9.59 Å². The summed E-state index contributed by atoms with van der Waals surface area (Å²) in [4.78, 5) is 23.4. The van der Waals surface area contributed by atoms with Crippen LogP contribution in [0.4, 0.5) is 0 Å². The molecule has 1 heterocycles. The van der Waals surface area contributed by atoms with E-state index in [-0.39, 0.29) is 12.3 Å². The first kappa shape index (κ1) is 19.2. The van der Waals surface area contributed by atoms with Gasteiger partial charge in [0, 0.05) is 19.6 Å². The number of carboxylic acids is 1. The van der Waals surface area contributed by atoms with Gasteiger partial charge in [-0.3, -0.25) is 9.59 Å². The fraction of sp³-hybridized carbons (Fsp3) is 0.579. The zero-order valence-electron chi connectivity index (χ0n) is 14.8. The average molecular weight is 349 g/mol. The maximum Gasteiger partial charge on any atom is 0.305 e. The number of aliphatic carboxylic acids is 1. The summed E-state index contributed by atoms with van der Waals surface area (Å²) in [6.07, 6.45) is 2.91. The number of ether oxygens (including phenoxy) is 2. The van der Waals surface area contributed by atoms with Crippen molar-refractivity contribution in [1.82, 2.24) is 5.32 Å². The van der Waals surface area contributed by atoms with Crippen LogP contribution in [0.3, 0.4) is 0 Å². The summed E-state index contributed by atoms with van der Waals surface area (Å²) in [5, 5.41) is 12.1. The Bertz CT molecular complexity index is 564. The lowest BCUT2D eigenvalue weighted by Crippen LogP contribution is -2.53. The van der Waals surface area contributed by atoms with Gasteiger partial charge in [-0.15, -0.1) is 0 Å². The fourth-order valence-electron chi connectivity index (χ4n) is 2.99. The minimum atomic E-state index is -0.898. The topological polar surface area (TPSA) is 84.9 Å². The SMILES string of the molecule is CCCOc1ccc(CCC(=O)NC2(CC(=O)O)CCOCC2)cc1. The van der Waals surface area contributed by atoms with E-state index in [1.165, 1.54) is 0 Å². The molecule has 1 aromatic rings. The van der Waals surface area contributed by atoms with Crippen LogP contribution in [-0.2, 0) is 20.7 Å². The van der Waals surface area contributed by atoms with Gasteiger partial charge >= 0.3 is 5.97 Å². The molecule has 0 bridgehead atoms. The van der Waals surface area contributed by atoms with Crippen LogP contribution >= 0.6 is 0 Å². The number of aryl methyl sites for hydroxylation is 1. The lowest BCUT2D eigenvalue weighted by Gasteiger charge is -2.36. The number of carbonyl (C=O) groups is 2. The lowest BCUT2D eigenvalue weighted by atomic mass is 9.86. The van der Waals surface area contributed by atoms with Gasteiger partial charge in [0.2, 0.25) is 5.91 Å². The third-order valence-electron chi connectivity index (χ3n) is 4.38. The van der Waals surface area contributed by atoms with E-state index < -0.39 is 11.5 Å². The number of hydrogen-bond acceptors (Lipinski definition) is 4. The van der Waals surface area contributed by atoms with Gasteiger partial charge in [0.25, 0.3) is 0 Å². The molecule has 0 unspecified atom stereocenters. The van der Waals surface area contributed by atoms with Gasteiger partial charge in [-0.05, 0) is 43.4 Å². The molecule has 0 aliphatic carbocycles. The van der Waals surface area contributed by atoms with Crippen LogP contribution < -0.4 is 10.1 Å². The molecule has 1 amide bonds. The predicted molar refractivity (Wildman–Crippen MR) is 93.7 cm³/mol. The Hall–Kier alpha value is -2.08. The molecule has 138 valence electrons. The number of hydrogen-bond donors (Lipinski definition) is 2. The molecule has 0 atom stereocenters. The van der Waals surface area contributed by atoms with Crippen molar-refractivity contribution in [3.8, 4) is 5.75 Å². The van der Waals surface area contributed by atoms with Gasteiger partial charge in [-0.25, -0.2) is 0 Å². The first-order valence-electron chi connectivity index (χ1n) is 8.85. The number of amides is 1. The second-order valence-electron chi connectivity index (χ2n) is 6.50. The molecule has 2 N–H and O–H groups in total. The van der Waals surface area contributed by atoms with Crippen molar-refractivity contribution in [3.63, 3.8) is 0 Å². The Morgan fingerprint density at radius 2 is 1.92 bits per heavy atom. The van der Waals surface area contributed by atoms with E-state index in [2.05, 4.69) is 12.2 Å². The molecule has 1 saturated heterocycles. The first-order chi connectivity index (χ1) is 12.0. The summed E-state index contributed by atoms with van der Waals surface area (Å²) in [5.74, 6) is -0.183. The van der Waals surface area contributed by atoms with E-state index in [1.807, 2.05) is 24.3 Å². The smallest absolute Gasteiger partial charge is 0.305 e. The first-order valence-corrected chi connectivity index (χ1v) is 8.85. The van der Waals surface area contributed by atoms with Gasteiger partial charge < -0.3 is 19.9 Å². The summed E-state index contributed by atoms with van der Waals surface area (Å²) in [5.41, 5.74) is 0.372. The van der Waals surface area contributed by atoms with Crippen LogP contribution in [-0.4, -0.2) is 42.3 Å². The second kappa shape index (κ2) is 9.42. The molecule has 0 aromatic heterocycles. The van der Waals surface area contributed by atoms with Gasteiger partial charge in [0.1, 0.15) is 5.75 Å². The minimum Gasteiger partial charge on any atom is -0.494 e. The van der Waals surface area contributed by atoms with Crippen molar-refractivity contribution < 1.29 is 24.2 Å². The zero-order valence-corrected chi connectivity index (χ0v) is 14.8. The number of carbonyl (C=O) groups excluding carboxylic acids is 1. The number of nitrogens with one attached hydrogen (secondary N) is 1. The summed E-state index contributed by atoms with van der Waals surface area (Å²) in [6.45, 7) is 3.71. The van der Waals surface area contributed by atoms with Crippen LogP contribution in [0, 0.1) is 0 Å². The molecule has 2 rings (SSSR count). The van der Waals surface area contributed by atoms with Crippen LogP contribution in [0.2, 0.25) is 0 Å². The third kappa shape index (κ3) is 6.38. The minimum absolute atomic E-state index is 0.0639. The maximum atomic E-state index is 12.3. The summed E-state index contributed by atoms with van der Waals surface area (Å²) in [6, 6.07) is 7.74. The quantitative estimate of drug-likeness (QED) is 0.716. The molecule has 1 aliphatic heterocycles. The van der Waals surface area contributed by atoms with Gasteiger partial charge in [0.15, 0.2) is 0 Å². The molecule has 6 heteroatoms. The standard InChI is InChI=1S/C19H27NO5/c1-2-11-25-16-6-3-15(4-7-16)5-8-17(21)20-19(14-18(22)23)9-12-24-13-10-19/h3-4,6-7H,2,5,8-14H2,1H3,(H,20,21)(H,22,23). The van der Waals surface area contributed by atoms with E-state index in [0.29, 0.717) is 45.5 Å². The highest BCUT2D eigenvalue weighted by Crippen LogP contribution is 2.25. The van der Waals surface area contributed by atoms with Gasteiger partial charge in [-0.2, -0.15) is 0 Å². The fourth-order valence-corrected chi connectivity index (χ4v) is 2.99. The van der Waals surface area contributed by atoms with E-state index >= 15 is 0 Å². The van der Waals surface area contributed by atoms with Crippen molar-refractivity contribution in [3.05, 3.63) is 29.8 Å². The zero-order chi connectivity index (χ0) is 18.1. The summed E-state index contributed by atoms with van der Waals surface area (Å²) >= 11 is 0. The monoisotopic (exact) mass is 349 g/mol. The van der Waals surface area contributed by atoms with Crippen LogP contribution in [0.5, 0.6) is 5.75 Å². The number of rotatable bonds is 9. The van der Waals surface area contributed by atoms with Crippen molar-refractivity contribution >= 4 is 11.9 Å². The third-order valence-corrected chi connectivity index (χ3v) is 4.38. The summed E-state index contributed by atoms with van der Waals surface area (Å²) < 4.78 is 10.8. The van der Waals surface area contributed by atoms with E-state index in [1.54, 1.807) is 0 Å². The Labute approximate surface area is 148 Å². The molecule has 0 saturated carbocycles. The molecule has 0 radical (unpaired) electrons. The van der Waals surface area contributed by atoms with Gasteiger partial charge in [-0.1, -0.05) is 19.1 Å². The number of benzene rings is 1. The van der Waals surface area contributed by atoms with Crippen LogP contribution in [0.15, 0.2) is 24.3 Å². The highest BCUT2D eigenvalue weighted by molar-refractivity contribution is 5.78. The molecule has 1 aromatic carbocycles. The molecule has 25 heavy (non-hydrogen) atoms. The molecule has 6 nitrogen and oxygen atoms in total. The van der Waals surface area contributed by atoms with Gasteiger partial charge in [0.05, 0.1) is 18.6 Å². The molecule has 1 fully saturated rings. The Balaban J connectivity index is 1.85. The number of carboxylic acid groups (broad SMARTS) is 1. The van der Waals surface area contributed by atoms with Crippen LogP contribution in [0.25, 0.3) is 0 Å². The van der Waals surface area contributed by atoms with Crippen molar-refractivity contribution in [2.45, 2.75) is 51.0 Å². The second-order valence-corrected chi connectivity index (χ2v) is 6.50. The van der Waals surface area contributed by atoms with Crippen molar-refractivity contribution in [1.29, 1.82) is 0 Å². The predicted octanol–water partition coefficient (Wildman–Crippen LogP) is 2.55. The Morgan fingerprint density at radius 1 is 1.24 bits per heavy atom. The van der Waals surface area contributed by atoms with Crippen molar-refractivity contribution in [2.75, 3.05) is 19.8 Å². The highest BCUT2D eigenvalue weighted by Gasteiger charge is 2.36. The Morgan fingerprint density at radius 3 is 2.52 bits per heavy atom. The van der Waals surface area contributed by atoms with E-state index in [0.717, 1.165) is 17.7 Å². The normalized spacial score (nSPS) is 16.2. The molecular weight excluding hydrogens is 322 g/mol. The lowest BCUT2D eigenvalue weighted by molar-refractivity contribution is -0.140. The summed E-state index contributed by atoms with van der Waals surface area (Å²) in [7, 11) is 0. The largest absolute Gasteiger partial charge is 0.494 e. The molecule has 0 spiro atoms. The molecule has 1 aliphatic rings. The molecular formula is C19H27NO5. The van der Waals surface area contributed by atoms with E-state index in [4.69, 9.17) is 14.6 Å². The maximum absolute atomic E-state index is 12.3. The average Bonchev–Trinajstić information content (AvgIpc) is 2.59.